The highest BCUT2D eigenvalue weighted by atomic mass is 16.4. The Hall–Kier alpha value is -1.30. The molecule has 1 saturated heterocycles. The lowest BCUT2D eigenvalue weighted by Gasteiger charge is -2.38. The number of hydrogen-bond donors (Lipinski definition) is 2. The topological polar surface area (TPSA) is 72.9 Å². The van der Waals surface area contributed by atoms with E-state index in [2.05, 4.69) is 24.1 Å². The first-order valence-electron chi connectivity index (χ1n) is 8.02. The maximum absolute atomic E-state index is 12.2. The van der Waals surface area contributed by atoms with Crippen molar-refractivity contribution in [1.29, 1.82) is 0 Å². The zero-order valence-corrected chi connectivity index (χ0v) is 13.1. The maximum Gasteiger partial charge on any atom is 0.317 e. The molecule has 1 saturated carbocycles. The summed E-state index contributed by atoms with van der Waals surface area (Å²) in [6.07, 6.45) is 3.28. The molecule has 1 unspecified atom stereocenters. The number of carboxylic acid groups (broad SMARTS) is 1. The Morgan fingerprint density at radius 1 is 1.33 bits per heavy atom. The van der Waals surface area contributed by atoms with Gasteiger partial charge in [-0.2, -0.15) is 0 Å². The van der Waals surface area contributed by atoms with Gasteiger partial charge in [0.1, 0.15) is 0 Å². The number of nitrogens with one attached hydrogen (secondary N) is 1. The third-order valence-corrected chi connectivity index (χ3v) is 5.12. The highest BCUT2D eigenvalue weighted by Gasteiger charge is 2.44. The smallest absolute Gasteiger partial charge is 0.317 e. The van der Waals surface area contributed by atoms with Crippen LogP contribution in [0.5, 0.6) is 0 Å². The predicted molar refractivity (Wildman–Crippen MR) is 80.2 cm³/mol. The van der Waals surface area contributed by atoms with E-state index in [-0.39, 0.29) is 12.6 Å². The van der Waals surface area contributed by atoms with Gasteiger partial charge < -0.3 is 15.3 Å². The maximum atomic E-state index is 12.2. The van der Waals surface area contributed by atoms with Crippen LogP contribution in [0.3, 0.4) is 0 Å². The lowest BCUT2D eigenvalue weighted by Crippen LogP contribution is -2.50. The Balaban J connectivity index is 1.81. The number of carbonyl (C=O) groups excluding carboxylic acids is 1. The van der Waals surface area contributed by atoms with Crippen molar-refractivity contribution in [1.82, 2.24) is 15.1 Å². The summed E-state index contributed by atoms with van der Waals surface area (Å²) in [4.78, 5) is 27.7. The van der Waals surface area contributed by atoms with Crippen molar-refractivity contribution < 1.29 is 14.7 Å². The van der Waals surface area contributed by atoms with E-state index >= 15 is 0 Å². The fourth-order valence-electron chi connectivity index (χ4n) is 3.39. The van der Waals surface area contributed by atoms with Gasteiger partial charge in [-0.1, -0.05) is 20.3 Å². The number of likely N-dealkylation sites (N-methyl/N-ethyl adjacent to an activating group) is 1. The third-order valence-electron chi connectivity index (χ3n) is 5.12. The lowest BCUT2D eigenvalue weighted by molar-refractivity contribution is -0.153. The van der Waals surface area contributed by atoms with Gasteiger partial charge in [0.2, 0.25) is 0 Å². The highest BCUT2D eigenvalue weighted by Crippen LogP contribution is 2.40. The van der Waals surface area contributed by atoms with Crippen LogP contribution in [0.1, 0.15) is 39.5 Å². The summed E-state index contributed by atoms with van der Waals surface area (Å²) in [5.74, 6) is -0.781. The zero-order chi connectivity index (χ0) is 15.5. The van der Waals surface area contributed by atoms with Crippen LogP contribution in [-0.4, -0.2) is 65.7 Å². The molecule has 2 N–H and O–H groups in total. The average molecular weight is 297 g/mol. The SMILES string of the molecule is CCN(CC)C1CCN(C(=O)NCC2(C(=O)O)CCC2)C1. The lowest BCUT2D eigenvalue weighted by atomic mass is 9.69. The van der Waals surface area contributed by atoms with E-state index in [1.165, 1.54) is 0 Å². The van der Waals surface area contributed by atoms with Crippen molar-refractivity contribution in [3.63, 3.8) is 0 Å². The quantitative estimate of drug-likeness (QED) is 0.776. The molecule has 2 amide bonds. The van der Waals surface area contributed by atoms with Gasteiger partial charge in [0.05, 0.1) is 5.41 Å². The number of carboxylic acids is 1. The third kappa shape index (κ3) is 3.31. The van der Waals surface area contributed by atoms with Crippen LogP contribution >= 0.6 is 0 Å². The van der Waals surface area contributed by atoms with E-state index in [9.17, 15) is 14.7 Å². The first-order chi connectivity index (χ1) is 10.0. The molecule has 0 aromatic rings. The number of aliphatic carboxylic acids is 1. The number of urea groups is 1. The highest BCUT2D eigenvalue weighted by molar-refractivity contribution is 5.79. The number of amides is 2. The minimum Gasteiger partial charge on any atom is -0.481 e. The number of hydrogen-bond acceptors (Lipinski definition) is 3. The van der Waals surface area contributed by atoms with Gasteiger partial charge in [-0.25, -0.2) is 4.79 Å². The van der Waals surface area contributed by atoms with Crippen LogP contribution in [0, 0.1) is 5.41 Å². The average Bonchev–Trinajstić information content (AvgIpc) is 2.88. The molecule has 1 heterocycles. The van der Waals surface area contributed by atoms with E-state index in [0.717, 1.165) is 39.0 Å². The molecule has 1 aliphatic carbocycles. The van der Waals surface area contributed by atoms with Crippen LogP contribution in [0.2, 0.25) is 0 Å². The molecule has 0 bridgehead atoms. The summed E-state index contributed by atoms with van der Waals surface area (Å²) in [5, 5.41) is 12.1. The molecule has 2 rings (SSSR count). The molecule has 0 aromatic carbocycles. The number of nitrogens with zero attached hydrogens (tertiary/aromatic N) is 2. The number of carbonyl (C=O) groups is 2. The van der Waals surface area contributed by atoms with Crippen molar-refractivity contribution in [3.05, 3.63) is 0 Å². The van der Waals surface area contributed by atoms with Gasteiger partial charge in [-0.15, -0.1) is 0 Å². The molecule has 0 radical (unpaired) electrons. The summed E-state index contributed by atoms with van der Waals surface area (Å²) in [6, 6.07) is 0.320. The van der Waals surface area contributed by atoms with Crippen molar-refractivity contribution in [2.45, 2.75) is 45.6 Å². The van der Waals surface area contributed by atoms with Gasteiger partial charge in [0.15, 0.2) is 0 Å². The van der Waals surface area contributed by atoms with Crippen LogP contribution in [0.15, 0.2) is 0 Å². The molecule has 1 atom stereocenters. The summed E-state index contributed by atoms with van der Waals surface area (Å²) in [5.41, 5.74) is -0.715. The Labute approximate surface area is 126 Å². The minimum absolute atomic E-state index is 0.114. The summed E-state index contributed by atoms with van der Waals surface area (Å²) < 4.78 is 0. The Morgan fingerprint density at radius 3 is 2.48 bits per heavy atom. The van der Waals surface area contributed by atoms with E-state index < -0.39 is 11.4 Å². The largest absolute Gasteiger partial charge is 0.481 e. The van der Waals surface area contributed by atoms with Crippen molar-refractivity contribution in [2.24, 2.45) is 5.41 Å². The standard InChI is InChI=1S/C15H27N3O3/c1-3-17(4-2)12-6-9-18(10-12)14(21)16-11-15(13(19)20)7-5-8-15/h12H,3-11H2,1-2H3,(H,16,21)(H,19,20). The van der Waals surface area contributed by atoms with Crippen LogP contribution in [-0.2, 0) is 4.79 Å². The molecular formula is C15H27N3O3. The Morgan fingerprint density at radius 2 is 2.00 bits per heavy atom. The van der Waals surface area contributed by atoms with Crippen molar-refractivity contribution >= 4 is 12.0 Å². The predicted octanol–water partition coefficient (Wildman–Crippen LogP) is 1.37. The molecule has 120 valence electrons. The fourth-order valence-corrected chi connectivity index (χ4v) is 3.39. The van der Waals surface area contributed by atoms with E-state index in [1.807, 2.05) is 4.90 Å². The van der Waals surface area contributed by atoms with Gasteiger partial charge >= 0.3 is 12.0 Å². The summed E-state index contributed by atoms with van der Waals surface area (Å²) in [6.45, 7) is 8.03. The molecular weight excluding hydrogens is 270 g/mol. The summed E-state index contributed by atoms with van der Waals surface area (Å²) >= 11 is 0. The van der Waals surface area contributed by atoms with E-state index in [4.69, 9.17) is 0 Å². The van der Waals surface area contributed by atoms with Crippen LogP contribution in [0.4, 0.5) is 4.79 Å². The normalized spacial score (nSPS) is 24.0. The molecule has 0 aromatic heterocycles. The molecule has 6 heteroatoms. The molecule has 1 aliphatic heterocycles. The van der Waals surface area contributed by atoms with Gasteiger partial charge in [-0.05, 0) is 32.4 Å². The van der Waals surface area contributed by atoms with Gasteiger partial charge in [-0.3, -0.25) is 9.69 Å². The second-order valence-corrected chi connectivity index (χ2v) is 6.21. The second kappa shape index (κ2) is 6.64. The van der Waals surface area contributed by atoms with Gasteiger partial charge in [0, 0.05) is 25.7 Å². The monoisotopic (exact) mass is 297 g/mol. The Kier molecular flexibility index (Phi) is 5.08. The minimum atomic E-state index is -0.781. The van der Waals surface area contributed by atoms with E-state index in [1.54, 1.807) is 0 Å². The zero-order valence-electron chi connectivity index (χ0n) is 13.1. The fraction of sp³-hybridized carbons (Fsp3) is 0.867. The molecule has 2 fully saturated rings. The number of rotatable bonds is 6. The van der Waals surface area contributed by atoms with Crippen LogP contribution < -0.4 is 5.32 Å². The van der Waals surface area contributed by atoms with Gasteiger partial charge in [0.25, 0.3) is 0 Å². The second-order valence-electron chi connectivity index (χ2n) is 6.21. The Bertz CT molecular complexity index is 392. The van der Waals surface area contributed by atoms with E-state index in [0.29, 0.717) is 18.9 Å². The summed E-state index contributed by atoms with van der Waals surface area (Å²) in [7, 11) is 0. The number of likely N-dealkylation sites (tertiary alicyclic amines) is 1. The van der Waals surface area contributed by atoms with Crippen LogP contribution in [0.25, 0.3) is 0 Å². The molecule has 6 nitrogen and oxygen atoms in total. The first kappa shape index (κ1) is 16.1. The van der Waals surface area contributed by atoms with Crippen molar-refractivity contribution in [3.8, 4) is 0 Å². The first-order valence-corrected chi connectivity index (χ1v) is 8.02. The molecule has 0 spiro atoms. The molecule has 2 aliphatic rings. The molecule has 21 heavy (non-hydrogen) atoms. The van der Waals surface area contributed by atoms with Crippen molar-refractivity contribution in [2.75, 3.05) is 32.7 Å².